The highest BCUT2D eigenvalue weighted by atomic mass is 19.4. The molecule has 0 amide bonds. The van der Waals surface area contributed by atoms with Gasteiger partial charge in [-0.1, -0.05) is 0 Å². The molecule has 0 aliphatic rings. The summed E-state index contributed by atoms with van der Waals surface area (Å²) < 4.78 is 45.0. The zero-order chi connectivity index (χ0) is 14.6. The number of hydrogen-bond donors (Lipinski definition) is 2. The summed E-state index contributed by atoms with van der Waals surface area (Å²) in [5, 5.41) is 0. The number of anilines is 1. The Morgan fingerprint density at radius 2 is 1.70 bits per heavy atom. The third-order valence-corrected chi connectivity index (χ3v) is 2.04. The Balaban J connectivity index is 2.06. The van der Waals surface area contributed by atoms with E-state index in [9.17, 15) is 13.2 Å². The van der Waals surface area contributed by atoms with Crippen LogP contribution in [0.1, 0.15) is 0 Å². The van der Waals surface area contributed by atoms with E-state index in [1.54, 1.807) is 0 Å². The molecule has 0 spiro atoms. The Bertz CT molecular complexity index is 575. The number of aromatic nitrogens is 2. The zero-order valence-corrected chi connectivity index (χ0v) is 9.89. The van der Waals surface area contributed by atoms with Crippen molar-refractivity contribution in [3.8, 4) is 17.4 Å². The van der Waals surface area contributed by atoms with Crippen molar-refractivity contribution in [3.05, 3.63) is 36.5 Å². The van der Waals surface area contributed by atoms with Crippen molar-refractivity contribution < 1.29 is 22.6 Å². The van der Waals surface area contributed by atoms with Crippen LogP contribution in [0.2, 0.25) is 0 Å². The number of alkyl halides is 3. The molecule has 1 heterocycles. The lowest BCUT2D eigenvalue weighted by atomic mass is 10.3. The summed E-state index contributed by atoms with van der Waals surface area (Å²) in [6.45, 7) is 0. The number of nitrogens with one attached hydrogen (secondary N) is 1. The Hall–Kier alpha value is -2.55. The second-order valence-electron chi connectivity index (χ2n) is 3.48. The molecule has 0 saturated heterocycles. The molecule has 2 aromatic rings. The van der Waals surface area contributed by atoms with Gasteiger partial charge in [0.05, 0.1) is 0 Å². The molecular formula is C11H9F3N4O2. The fraction of sp³-hybridized carbons (Fsp3) is 0.0909. The Morgan fingerprint density at radius 3 is 2.30 bits per heavy atom. The number of benzene rings is 1. The summed E-state index contributed by atoms with van der Waals surface area (Å²) in [4.78, 5) is 7.67. The first-order valence-corrected chi connectivity index (χ1v) is 5.29. The zero-order valence-electron chi connectivity index (χ0n) is 9.89. The van der Waals surface area contributed by atoms with E-state index < -0.39 is 6.36 Å². The van der Waals surface area contributed by atoms with Crippen molar-refractivity contribution in [3.63, 3.8) is 0 Å². The monoisotopic (exact) mass is 286 g/mol. The first-order valence-electron chi connectivity index (χ1n) is 5.29. The van der Waals surface area contributed by atoms with Gasteiger partial charge >= 0.3 is 6.36 Å². The molecule has 3 N–H and O–H groups in total. The van der Waals surface area contributed by atoms with Crippen LogP contribution in [0.3, 0.4) is 0 Å². The largest absolute Gasteiger partial charge is 0.573 e. The lowest BCUT2D eigenvalue weighted by Gasteiger charge is -2.09. The summed E-state index contributed by atoms with van der Waals surface area (Å²) in [6, 6.07) is 6.37. The van der Waals surface area contributed by atoms with Crippen LogP contribution >= 0.6 is 0 Å². The van der Waals surface area contributed by atoms with E-state index in [2.05, 4.69) is 20.1 Å². The molecule has 1 aromatic heterocycles. The normalized spacial score (nSPS) is 11.0. The molecule has 0 saturated carbocycles. The van der Waals surface area contributed by atoms with Crippen LogP contribution in [0.15, 0.2) is 36.5 Å². The minimum absolute atomic E-state index is 0.152. The first kappa shape index (κ1) is 13.9. The molecule has 0 unspecified atom stereocenters. The van der Waals surface area contributed by atoms with Gasteiger partial charge in [0.1, 0.15) is 11.5 Å². The van der Waals surface area contributed by atoms with E-state index in [4.69, 9.17) is 10.6 Å². The molecule has 20 heavy (non-hydrogen) atoms. The molecule has 0 atom stereocenters. The van der Waals surface area contributed by atoms with Crippen molar-refractivity contribution in [1.29, 1.82) is 0 Å². The lowest BCUT2D eigenvalue weighted by molar-refractivity contribution is -0.274. The minimum Gasteiger partial charge on any atom is -0.439 e. The molecule has 0 radical (unpaired) electrons. The standard InChI is InChI=1S/C11H9F3N4O2/c12-11(13,14)20-8-3-1-7(2-4-8)19-9-5-6-16-10(17-9)18-15/h1-6H,15H2,(H,16,17,18). The molecule has 2 rings (SSSR count). The summed E-state index contributed by atoms with van der Waals surface area (Å²) in [7, 11) is 0. The van der Waals surface area contributed by atoms with Crippen LogP contribution in [-0.4, -0.2) is 16.3 Å². The van der Waals surface area contributed by atoms with Gasteiger partial charge in [-0.2, -0.15) is 4.98 Å². The van der Waals surface area contributed by atoms with Gasteiger partial charge in [0.25, 0.3) is 0 Å². The van der Waals surface area contributed by atoms with Crippen molar-refractivity contribution in [2.24, 2.45) is 5.84 Å². The van der Waals surface area contributed by atoms with Gasteiger partial charge in [-0.05, 0) is 24.3 Å². The van der Waals surface area contributed by atoms with Crippen LogP contribution in [0.5, 0.6) is 17.4 Å². The van der Waals surface area contributed by atoms with Crippen LogP contribution in [-0.2, 0) is 0 Å². The number of rotatable bonds is 4. The van der Waals surface area contributed by atoms with Crippen LogP contribution in [0.25, 0.3) is 0 Å². The van der Waals surface area contributed by atoms with Gasteiger partial charge < -0.3 is 9.47 Å². The van der Waals surface area contributed by atoms with E-state index in [1.165, 1.54) is 24.4 Å². The highest BCUT2D eigenvalue weighted by molar-refractivity contribution is 5.34. The predicted octanol–water partition coefficient (Wildman–Crippen LogP) is 2.45. The molecule has 6 nitrogen and oxygen atoms in total. The SMILES string of the molecule is NNc1nccc(Oc2ccc(OC(F)(F)F)cc2)n1. The van der Waals surface area contributed by atoms with E-state index in [0.29, 0.717) is 5.75 Å². The lowest BCUT2D eigenvalue weighted by Crippen LogP contribution is -2.16. The maximum absolute atomic E-state index is 12.0. The summed E-state index contributed by atoms with van der Waals surface area (Å²) in [5.74, 6) is 5.44. The van der Waals surface area contributed by atoms with E-state index in [-0.39, 0.29) is 17.6 Å². The van der Waals surface area contributed by atoms with Gasteiger partial charge in [0.2, 0.25) is 11.8 Å². The number of nitrogens with two attached hydrogens (primary N) is 1. The molecule has 0 aliphatic heterocycles. The molecule has 0 aliphatic carbocycles. The maximum atomic E-state index is 12.0. The van der Waals surface area contributed by atoms with E-state index >= 15 is 0 Å². The molecule has 9 heteroatoms. The van der Waals surface area contributed by atoms with Crippen molar-refractivity contribution in [1.82, 2.24) is 9.97 Å². The summed E-state index contributed by atoms with van der Waals surface area (Å²) in [6.07, 6.45) is -3.31. The third-order valence-electron chi connectivity index (χ3n) is 2.04. The average molecular weight is 286 g/mol. The van der Waals surface area contributed by atoms with Crippen LogP contribution in [0.4, 0.5) is 19.1 Å². The summed E-state index contributed by atoms with van der Waals surface area (Å²) in [5.41, 5.74) is 2.24. The topological polar surface area (TPSA) is 82.3 Å². The smallest absolute Gasteiger partial charge is 0.439 e. The number of hydrazine groups is 1. The second-order valence-corrected chi connectivity index (χ2v) is 3.48. The van der Waals surface area contributed by atoms with Crippen molar-refractivity contribution in [2.45, 2.75) is 6.36 Å². The highest BCUT2D eigenvalue weighted by Gasteiger charge is 2.30. The minimum atomic E-state index is -4.73. The number of halogens is 3. The van der Waals surface area contributed by atoms with Gasteiger partial charge in [-0.3, -0.25) is 5.43 Å². The Kier molecular flexibility index (Phi) is 3.89. The molecular weight excluding hydrogens is 277 g/mol. The quantitative estimate of drug-likeness (QED) is 0.663. The number of ether oxygens (including phenoxy) is 2. The van der Waals surface area contributed by atoms with Gasteiger partial charge in [0.15, 0.2) is 0 Å². The second kappa shape index (κ2) is 5.61. The average Bonchev–Trinajstić information content (AvgIpc) is 2.40. The molecule has 1 aromatic carbocycles. The number of hydrogen-bond acceptors (Lipinski definition) is 6. The van der Waals surface area contributed by atoms with Gasteiger partial charge in [-0.25, -0.2) is 10.8 Å². The number of nitrogens with zero attached hydrogens (tertiary/aromatic N) is 2. The Morgan fingerprint density at radius 1 is 1.05 bits per heavy atom. The van der Waals surface area contributed by atoms with Crippen LogP contribution in [0, 0.1) is 0 Å². The molecule has 106 valence electrons. The van der Waals surface area contributed by atoms with Gasteiger partial charge in [-0.15, -0.1) is 13.2 Å². The fourth-order valence-electron chi connectivity index (χ4n) is 1.30. The van der Waals surface area contributed by atoms with E-state index in [1.807, 2.05) is 0 Å². The van der Waals surface area contributed by atoms with Crippen molar-refractivity contribution >= 4 is 5.95 Å². The maximum Gasteiger partial charge on any atom is 0.573 e. The third kappa shape index (κ3) is 3.99. The number of nitrogen functional groups attached to an aromatic ring is 1. The fourth-order valence-corrected chi connectivity index (χ4v) is 1.30. The summed E-state index contributed by atoms with van der Waals surface area (Å²) >= 11 is 0. The van der Waals surface area contributed by atoms with Gasteiger partial charge in [0, 0.05) is 12.3 Å². The first-order chi connectivity index (χ1) is 9.46. The molecule has 0 fully saturated rings. The van der Waals surface area contributed by atoms with Crippen LogP contribution < -0.4 is 20.7 Å². The van der Waals surface area contributed by atoms with E-state index in [0.717, 1.165) is 12.1 Å². The van der Waals surface area contributed by atoms with Crippen molar-refractivity contribution in [2.75, 3.05) is 5.43 Å². The molecule has 0 bridgehead atoms. The Labute approximate surface area is 111 Å². The highest BCUT2D eigenvalue weighted by Crippen LogP contribution is 2.26. The predicted molar refractivity (Wildman–Crippen MR) is 63.0 cm³/mol.